The molecule has 2 rings (SSSR count). The molecule has 0 radical (unpaired) electrons. The zero-order valence-electron chi connectivity index (χ0n) is 26.8. The van der Waals surface area contributed by atoms with Crippen molar-refractivity contribution in [1.29, 1.82) is 0 Å². The van der Waals surface area contributed by atoms with Crippen molar-refractivity contribution in [2.45, 2.75) is 91.6 Å². The zero-order valence-corrected chi connectivity index (χ0v) is 26.8. The van der Waals surface area contributed by atoms with Gasteiger partial charge < -0.3 is 29.6 Å². The second-order valence-corrected chi connectivity index (χ2v) is 12.4. The molecule has 9 heteroatoms. The minimum absolute atomic E-state index is 0.176. The summed E-state index contributed by atoms with van der Waals surface area (Å²) in [5.41, 5.74) is 1.32. The average molecular weight is 597 g/mol. The number of hydrogen-bond acceptors (Lipinski definition) is 7. The standard InChI is InChI=1S/C34H48N2O7/c1-24(29(36-32(39)43-34(5,6)7)22-25-16-18-28(40-8)19-17-25)21-27(30(37)42-33(2,3)4)15-12-20-35-31(38)41-23-26-13-10-9-11-14-26/h9-11,13-14,16-19,21,27,29H,12,15,20,22-23H2,1-8H3,(H,35,38)(H,36,39)/b24-21+/t27-,29-/m1/s1. The molecule has 2 N–H and O–H groups in total. The number of carbonyl (C=O) groups is 3. The molecule has 0 heterocycles. The Hall–Kier alpha value is -4.01. The molecule has 0 saturated heterocycles. The highest BCUT2D eigenvalue weighted by Gasteiger charge is 2.26. The van der Waals surface area contributed by atoms with E-state index in [1.165, 1.54) is 0 Å². The molecule has 0 bridgehead atoms. The molecule has 0 aliphatic carbocycles. The van der Waals surface area contributed by atoms with Gasteiger partial charge in [-0.2, -0.15) is 0 Å². The van der Waals surface area contributed by atoms with Gasteiger partial charge in [0.25, 0.3) is 0 Å². The Morgan fingerprint density at radius 3 is 2.05 bits per heavy atom. The van der Waals surface area contributed by atoms with Crippen LogP contribution < -0.4 is 15.4 Å². The Morgan fingerprint density at radius 2 is 1.47 bits per heavy atom. The minimum Gasteiger partial charge on any atom is -0.497 e. The van der Waals surface area contributed by atoms with E-state index in [2.05, 4.69) is 10.6 Å². The van der Waals surface area contributed by atoms with Crippen LogP contribution in [0.25, 0.3) is 0 Å². The van der Waals surface area contributed by atoms with Gasteiger partial charge in [0, 0.05) is 6.54 Å². The summed E-state index contributed by atoms with van der Waals surface area (Å²) in [6.07, 6.45) is 2.18. The summed E-state index contributed by atoms with van der Waals surface area (Å²) in [6, 6.07) is 16.6. The smallest absolute Gasteiger partial charge is 0.408 e. The molecule has 2 aromatic rings. The predicted molar refractivity (Wildman–Crippen MR) is 167 cm³/mol. The van der Waals surface area contributed by atoms with Gasteiger partial charge in [-0.3, -0.25) is 4.79 Å². The fraction of sp³-hybridized carbons (Fsp3) is 0.500. The van der Waals surface area contributed by atoms with Crippen LogP contribution >= 0.6 is 0 Å². The Kier molecular flexibility index (Phi) is 13.6. The van der Waals surface area contributed by atoms with Crippen molar-refractivity contribution in [3.05, 3.63) is 77.4 Å². The topological polar surface area (TPSA) is 112 Å². The first-order chi connectivity index (χ1) is 20.1. The van der Waals surface area contributed by atoms with Crippen molar-refractivity contribution in [1.82, 2.24) is 10.6 Å². The van der Waals surface area contributed by atoms with Crippen LogP contribution in [0.15, 0.2) is 66.2 Å². The Bertz CT molecular complexity index is 1200. The molecule has 2 aromatic carbocycles. The van der Waals surface area contributed by atoms with Gasteiger partial charge >= 0.3 is 18.2 Å². The molecule has 43 heavy (non-hydrogen) atoms. The average Bonchev–Trinajstić information content (AvgIpc) is 2.92. The van der Waals surface area contributed by atoms with E-state index in [4.69, 9.17) is 18.9 Å². The normalized spacial score (nSPS) is 13.3. The third-order valence-electron chi connectivity index (χ3n) is 6.19. The Balaban J connectivity index is 2.15. The van der Waals surface area contributed by atoms with Gasteiger partial charge in [-0.1, -0.05) is 54.1 Å². The van der Waals surface area contributed by atoms with Crippen LogP contribution in [0.2, 0.25) is 0 Å². The molecular weight excluding hydrogens is 548 g/mol. The first kappa shape index (κ1) is 35.2. The van der Waals surface area contributed by atoms with Gasteiger partial charge in [0.15, 0.2) is 0 Å². The third-order valence-corrected chi connectivity index (χ3v) is 6.19. The minimum atomic E-state index is -0.673. The van der Waals surface area contributed by atoms with E-state index in [9.17, 15) is 14.4 Å². The highest BCUT2D eigenvalue weighted by Crippen LogP contribution is 2.22. The Morgan fingerprint density at radius 1 is 0.837 bits per heavy atom. The van der Waals surface area contributed by atoms with E-state index >= 15 is 0 Å². The van der Waals surface area contributed by atoms with Crippen LogP contribution in [0, 0.1) is 5.92 Å². The lowest BCUT2D eigenvalue weighted by Crippen LogP contribution is -2.41. The van der Waals surface area contributed by atoms with Crippen LogP contribution in [0.4, 0.5) is 9.59 Å². The number of amides is 2. The number of nitrogens with one attached hydrogen (secondary N) is 2. The van der Waals surface area contributed by atoms with E-state index in [-0.39, 0.29) is 12.6 Å². The van der Waals surface area contributed by atoms with Crippen LogP contribution in [-0.4, -0.2) is 49.1 Å². The second kappa shape index (κ2) is 16.6. The summed E-state index contributed by atoms with van der Waals surface area (Å²) in [6.45, 7) is 13.2. The number of carbonyl (C=O) groups excluding carboxylic acids is 3. The lowest BCUT2D eigenvalue weighted by Gasteiger charge is -2.26. The van der Waals surface area contributed by atoms with Crippen LogP contribution in [-0.2, 0) is 32.0 Å². The SMILES string of the molecule is COc1ccc(C[C@@H](NC(=O)OC(C)(C)C)/C(C)=C/[C@@H](CCCNC(=O)OCc2ccccc2)C(=O)OC(C)(C)C)cc1. The number of rotatable bonds is 13. The number of ether oxygens (including phenoxy) is 4. The van der Waals surface area contributed by atoms with Crippen molar-refractivity contribution in [2.75, 3.05) is 13.7 Å². The number of methoxy groups -OCH3 is 1. The van der Waals surface area contributed by atoms with E-state index in [0.717, 1.165) is 22.4 Å². The highest BCUT2D eigenvalue weighted by atomic mass is 16.6. The first-order valence-electron chi connectivity index (χ1n) is 14.6. The van der Waals surface area contributed by atoms with Gasteiger partial charge in [-0.15, -0.1) is 0 Å². The van der Waals surface area contributed by atoms with Crippen molar-refractivity contribution < 1.29 is 33.3 Å². The number of alkyl carbamates (subject to hydrolysis) is 2. The lowest BCUT2D eigenvalue weighted by molar-refractivity contribution is -0.158. The summed E-state index contributed by atoms with van der Waals surface area (Å²) >= 11 is 0. The quantitative estimate of drug-likeness (QED) is 0.114. The van der Waals surface area contributed by atoms with Gasteiger partial charge in [0.05, 0.1) is 19.1 Å². The van der Waals surface area contributed by atoms with Crippen molar-refractivity contribution in [3.8, 4) is 5.75 Å². The summed E-state index contributed by atoms with van der Waals surface area (Å²) in [7, 11) is 1.61. The molecule has 2 amide bonds. The molecule has 9 nitrogen and oxygen atoms in total. The molecule has 0 spiro atoms. The largest absolute Gasteiger partial charge is 0.497 e. The maximum absolute atomic E-state index is 13.2. The first-order valence-corrected chi connectivity index (χ1v) is 14.6. The van der Waals surface area contributed by atoms with E-state index in [0.29, 0.717) is 25.8 Å². The lowest BCUT2D eigenvalue weighted by atomic mass is 9.94. The molecule has 236 valence electrons. The second-order valence-electron chi connectivity index (χ2n) is 12.4. The molecule has 0 fully saturated rings. The molecule has 0 unspecified atom stereocenters. The highest BCUT2D eigenvalue weighted by molar-refractivity contribution is 5.75. The van der Waals surface area contributed by atoms with Gasteiger partial charge in [0.2, 0.25) is 0 Å². The Labute approximate surface area is 256 Å². The maximum atomic E-state index is 13.2. The fourth-order valence-corrected chi connectivity index (χ4v) is 4.14. The monoisotopic (exact) mass is 596 g/mol. The van der Waals surface area contributed by atoms with Gasteiger partial charge in [0.1, 0.15) is 23.6 Å². The van der Waals surface area contributed by atoms with Gasteiger partial charge in [-0.25, -0.2) is 9.59 Å². The number of esters is 1. The van der Waals surface area contributed by atoms with Crippen molar-refractivity contribution in [3.63, 3.8) is 0 Å². The molecule has 0 aliphatic heterocycles. The van der Waals surface area contributed by atoms with Crippen molar-refractivity contribution in [2.24, 2.45) is 5.92 Å². The summed E-state index contributed by atoms with van der Waals surface area (Å²) in [4.78, 5) is 38.2. The van der Waals surface area contributed by atoms with Crippen LogP contribution in [0.1, 0.15) is 72.4 Å². The molecule has 0 aliphatic rings. The molecule has 2 atom stereocenters. The van der Waals surface area contributed by atoms with Crippen LogP contribution in [0.5, 0.6) is 5.75 Å². The van der Waals surface area contributed by atoms with Crippen molar-refractivity contribution >= 4 is 18.2 Å². The van der Waals surface area contributed by atoms with E-state index in [1.807, 2.05) is 88.4 Å². The third kappa shape index (κ3) is 14.6. The molecular formula is C34H48N2O7. The zero-order chi connectivity index (χ0) is 32.0. The summed E-state index contributed by atoms with van der Waals surface area (Å²) in [5, 5.41) is 5.71. The number of benzene rings is 2. The van der Waals surface area contributed by atoms with E-state index < -0.39 is 35.3 Å². The molecule has 0 saturated carbocycles. The summed E-state index contributed by atoms with van der Waals surface area (Å²) < 4.78 is 21.8. The predicted octanol–water partition coefficient (Wildman–Crippen LogP) is 6.74. The fourth-order valence-electron chi connectivity index (χ4n) is 4.14. The molecule has 0 aromatic heterocycles. The van der Waals surface area contributed by atoms with E-state index in [1.54, 1.807) is 27.9 Å². The summed E-state index contributed by atoms with van der Waals surface area (Å²) in [5.74, 6) is -0.241. The van der Waals surface area contributed by atoms with Crippen LogP contribution in [0.3, 0.4) is 0 Å². The van der Waals surface area contributed by atoms with Gasteiger partial charge in [-0.05, 0) is 91.0 Å². The number of hydrogen-bond donors (Lipinski definition) is 2. The maximum Gasteiger partial charge on any atom is 0.408 e.